The largest absolute Gasteiger partial charge is 0.493 e. The molecule has 0 bridgehead atoms. The first-order valence-corrected chi connectivity index (χ1v) is 5.10. The summed E-state index contributed by atoms with van der Waals surface area (Å²) < 4.78 is 10.8. The zero-order chi connectivity index (χ0) is 11.6. The van der Waals surface area contributed by atoms with Crippen molar-refractivity contribution in [1.29, 1.82) is 0 Å². The van der Waals surface area contributed by atoms with Gasteiger partial charge in [0.15, 0.2) is 5.76 Å². The summed E-state index contributed by atoms with van der Waals surface area (Å²) >= 11 is 0. The highest BCUT2D eigenvalue weighted by Crippen LogP contribution is 2.15. The van der Waals surface area contributed by atoms with E-state index in [2.05, 4.69) is 13.2 Å². The van der Waals surface area contributed by atoms with E-state index in [-0.39, 0.29) is 0 Å². The molecule has 16 heavy (non-hydrogen) atoms. The van der Waals surface area contributed by atoms with Crippen molar-refractivity contribution in [2.45, 2.75) is 0 Å². The minimum atomic E-state index is 0.457. The van der Waals surface area contributed by atoms with Crippen molar-refractivity contribution in [3.63, 3.8) is 0 Å². The summed E-state index contributed by atoms with van der Waals surface area (Å²) in [6, 6.07) is 9.79. The average Bonchev–Trinajstić information content (AvgIpc) is 2.35. The lowest BCUT2D eigenvalue weighted by Gasteiger charge is -2.08. The number of hydrogen-bond acceptors (Lipinski definition) is 2. The van der Waals surface area contributed by atoms with Crippen LogP contribution in [-0.2, 0) is 9.47 Å². The van der Waals surface area contributed by atoms with Gasteiger partial charge in [-0.3, -0.25) is 0 Å². The van der Waals surface area contributed by atoms with Crippen molar-refractivity contribution in [2.75, 3.05) is 13.2 Å². The van der Waals surface area contributed by atoms with Crippen LogP contribution in [-0.4, -0.2) is 13.2 Å². The highest BCUT2D eigenvalue weighted by molar-refractivity contribution is 5.58. The van der Waals surface area contributed by atoms with Gasteiger partial charge in [0, 0.05) is 5.56 Å². The quantitative estimate of drug-likeness (QED) is 0.395. The lowest BCUT2D eigenvalue weighted by atomic mass is 10.2. The van der Waals surface area contributed by atoms with Crippen LogP contribution >= 0.6 is 0 Å². The van der Waals surface area contributed by atoms with Gasteiger partial charge in [-0.15, -0.1) is 0 Å². The molecule has 0 aliphatic carbocycles. The van der Waals surface area contributed by atoms with Crippen LogP contribution in [0.2, 0.25) is 0 Å². The van der Waals surface area contributed by atoms with Crippen molar-refractivity contribution in [3.8, 4) is 0 Å². The number of rotatable bonds is 7. The molecule has 0 fully saturated rings. The van der Waals surface area contributed by atoms with Gasteiger partial charge in [0.05, 0.1) is 0 Å². The van der Waals surface area contributed by atoms with Crippen LogP contribution in [0.4, 0.5) is 0 Å². The standard InChI is InChI=1S/C14H16O2/c1-3-10-15-12-14(16-11-4-2)13-8-6-5-7-9-13/h3-9,12H,1-2,10-11H2. The summed E-state index contributed by atoms with van der Waals surface area (Å²) in [5.41, 5.74) is 0.980. The smallest absolute Gasteiger partial charge is 0.161 e. The van der Waals surface area contributed by atoms with Crippen LogP contribution in [0.15, 0.2) is 61.9 Å². The van der Waals surface area contributed by atoms with Crippen molar-refractivity contribution in [3.05, 3.63) is 67.5 Å². The monoisotopic (exact) mass is 216 g/mol. The molecule has 0 unspecified atom stereocenters. The first kappa shape index (κ1) is 12.1. The molecule has 84 valence electrons. The Morgan fingerprint density at radius 1 is 1.06 bits per heavy atom. The third-order valence-corrected chi connectivity index (χ3v) is 1.82. The van der Waals surface area contributed by atoms with E-state index in [0.29, 0.717) is 19.0 Å². The lowest BCUT2D eigenvalue weighted by Crippen LogP contribution is -1.94. The van der Waals surface area contributed by atoms with Gasteiger partial charge < -0.3 is 9.47 Å². The third kappa shape index (κ3) is 4.05. The second kappa shape index (κ2) is 7.35. The molecule has 0 aliphatic heterocycles. The molecule has 2 heteroatoms. The molecule has 0 aliphatic rings. The Morgan fingerprint density at radius 3 is 2.38 bits per heavy atom. The predicted octanol–water partition coefficient (Wildman–Crippen LogP) is 3.39. The first-order valence-electron chi connectivity index (χ1n) is 5.10. The Balaban J connectivity index is 2.74. The number of hydrogen-bond donors (Lipinski definition) is 0. The fourth-order valence-corrected chi connectivity index (χ4v) is 1.13. The van der Waals surface area contributed by atoms with Gasteiger partial charge in [0.2, 0.25) is 0 Å². The molecule has 0 saturated carbocycles. The summed E-state index contributed by atoms with van der Waals surface area (Å²) in [4.78, 5) is 0. The Bertz CT molecular complexity index is 352. The molecule has 2 nitrogen and oxygen atoms in total. The van der Waals surface area contributed by atoms with Crippen molar-refractivity contribution in [1.82, 2.24) is 0 Å². The average molecular weight is 216 g/mol. The molecule has 1 aromatic rings. The number of ether oxygens (including phenoxy) is 2. The van der Waals surface area contributed by atoms with E-state index < -0.39 is 0 Å². The second-order valence-corrected chi connectivity index (χ2v) is 3.07. The van der Waals surface area contributed by atoms with E-state index in [9.17, 15) is 0 Å². The molecular formula is C14H16O2. The highest BCUT2D eigenvalue weighted by Gasteiger charge is 2.01. The molecule has 0 spiro atoms. The molecule has 0 radical (unpaired) electrons. The van der Waals surface area contributed by atoms with Gasteiger partial charge in [-0.1, -0.05) is 55.6 Å². The first-order chi connectivity index (χ1) is 7.88. The normalized spacial score (nSPS) is 10.6. The molecular weight excluding hydrogens is 200 g/mol. The zero-order valence-electron chi connectivity index (χ0n) is 9.26. The van der Waals surface area contributed by atoms with Gasteiger partial charge in [0.1, 0.15) is 19.5 Å². The maximum absolute atomic E-state index is 5.51. The fraction of sp³-hybridized carbons (Fsp3) is 0.143. The molecule has 0 amide bonds. The van der Waals surface area contributed by atoms with Crippen LogP contribution in [0.25, 0.3) is 5.76 Å². The van der Waals surface area contributed by atoms with Crippen molar-refractivity contribution >= 4 is 5.76 Å². The van der Waals surface area contributed by atoms with Gasteiger partial charge in [-0.2, -0.15) is 0 Å². The van der Waals surface area contributed by atoms with Crippen molar-refractivity contribution in [2.24, 2.45) is 0 Å². The summed E-state index contributed by atoms with van der Waals surface area (Å²) in [7, 11) is 0. The molecule has 1 aromatic carbocycles. The molecule has 0 saturated heterocycles. The molecule has 0 N–H and O–H groups in total. The number of benzene rings is 1. The van der Waals surface area contributed by atoms with Crippen LogP contribution in [0.5, 0.6) is 0 Å². The maximum atomic E-state index is 5.51. The van der Waals surface area contributed by atoms with Gasteiger partial charge in [-0.05, 0) is 0 Å². The van der Waals surface area contributed by atoms with E-state index in [1.165, 1.54) is 0 Å². The van der Waals surface area contributed by atoms with Gasteiger partial charge in [-0.25, -0.2) is 0 Å². The van der Waals surface area contributed by atoms with Crippen LogP contribution in [0, 0.1) is 0 Å². The zero-order valence-corrected chi connectivity index (χ0v) is 9.26. The Hall–Kier alpha value is -1.96. The molecule has 0 aromatic heterocycles. The molecule has 0 atom stereocenters. The summed E-state index contributed by atoms with van der Waals surface area (Å²) in [5, 5.41) is 0. The van der Waals surface area contributed by atoms with E-state index >= 15 is 0 Å². The molecule has 0 heterocycles. The van der Waals surface area contributed by atoms with E-state index in [4.69, 9.17) is 9.47 Å². The van der Waals surface area contributed by atoms with E-state index in [1.807, 2.05) is 30.3 Å². The van der Waals surface area contributed by atoms with E-state index in [1.54, 1.807) is 18.4 Å². The van der Waals surface area contributed by atoms with Crippen LogP contribution in [0.3, 0.4) is 0 Å². The summed E-state index contributed by atoms with van der Waals surface area (Å²) in [6.07, 6.45) is 4.98. The van der Waals surface area contributed by atoms with Crippen LogP contribution in [0.1, 0.15) is 5.56 Å². The van der Waals surface area contributed by atoms with Gasteiger partial charge >= 0.3 is 0 Å². The lowest BCUT2D eigenvalue weighted by molar-refractivity contribution is 0.259. The highest BCUT2D eigenvalue weighted by atomic mass is 16.5. The fourth-order valence-electron chi connectivity index (χ4n) is 1.13. The third-order valence-electron chi connectivity index (χ3n) is 1.82. The van der Waals surface area contributed by atoms with Crippen molar-refractivity contribution < 1.29 is 9.47 Å². The minimum absolute atomic E-state index is 0.457. The Labute approximate surface area is 96.5 Å². The second-order valence-electron chi connectivity index (χ2n) is 3.07. The Kier molecular flexibility index (Phi) is 5.56. The maximum Gasteiger partial charge on any atom is 0.161 e. The van der Waals surface area contributed by atoms with Crippen LogP contribution < -0.4 is 0 Å². The summed E-state index contributed by atoms with van der Waals surface area (Å²) in [5.74, 6) is 0.697. The Morgan fingerprint density at radius 2 is 1.75 bits per heavy atom. The minimum Gasteiger partial charge on any atom is -0.493 e. The van der Waals surface area contributed by atoms with Gasteiger partial charge in [0.25, 0.3) is 0 Å². The van der Waals surface area contributed by atoms with E-state index in [0.717, 1.165) is 5.56 Å². The summed E-state index contributed by atoms with van der Waals surface area (Å²) in [6.45, 7) is 8.12. The SMILES string of the molecule is C=CCOC=C(OCC=C)c1ccccc1. The molecule has 1 rings (SSSR count). The predicted molar refractivity (Wildman–Crippen MR) is 66.7 cm³/mol. The topological polar surface area (TPSA) is 18.5 Å².